The van der Waals surface area contributed by atoms with E-state index in [9.17, 15) is 9.59 Å². The van der Waals surface area contributed by atoms with Gasteiger partial charge in [0.1, 0.15) is 24.1 Å². The predicted molar refractivity (Wildman–Crippen MR) is 135 cm³/mol. The molecular formula is C27H31NO6S. The molecule has 8 heteroatoms. The van der Waals surface area contributed by atoms with Crippen LogP contribution in [0.5, 0.6) is 11.5 Å². The highest BCUT2D eigenvalue weighted by Crippen LogP contribution is 2.39. The van der Waals surface area contributed by atoms with Gasteiger partial charge in [0.25, 0.3) is 0 Å². The van der Waals surface area contributed by atoms with Crippen molar-refractivity contribution in [3.63, 3.8) is 0 Å². The van der Waals surface area contributed by atoms with E-state index in [1.165, 1.54) is 11.3 Å². The van der Waals surface area contributed by atoms with Crippen molar-refractivity contribution >= 4 is 33.5 Å². The van der Waals surface area contributed by atoms with E-state index < -0.39 is 11.6 Å². The molecule has 1 aliphatic heterocycles. The number of nitrogens with zero attached hydrogens (tertiary/aromatic N) is 1. The summed E-state index contributed by atoms with van der Waals surface area (Å²) in [5.74, 6) is 0.842. The number of ether oxygens (including phenoxy) is 4. The van der Waals surface area contributed by atoms with Crippen molar-refractivity contribution in [1.82, 2.24) is 4.90 Å². The number of benzene rings is 2. The van der Waals surface area contributed by atoms with Gasteiger partial charge in [-0.2, -0.15) is 0 Å². The number of thiophene rings is 1. The van der Waals surface area contributed by atoms with Gasteiger partial charge in [0.05, 0.1) is 7.11 Å². The van der Waals surface area contributed by atoms with Crippen LogP contribution in [-0.4, -0.2) is 48.9 Å². The molecule has 1 aromatic heterocycles. The van der Waals surface area contributed by atoms with E-state index in [-0.39, 0.29) is 18.8 Å². The first-order chi connectivity index (χ1) is 16.7. The highest BCUT2D eigenvalue weighted by atomic mass is 32.1. The van der Waals surface area contributed by atoms with Gasteiger partial charge in [-0.05, 0) is 50.6 Å². The molecular weight excluding hydrogens is 466 g/mol. The lowest BCUT2D eigenvalue weighted by Gasteiger charge is -2.33. The molecule has 1 fully saturated rings. The molecule has 0 saturated carbocycles. The number of rotatable bonds is 6. The number of hydrogen-bond donors (Lipinski definition) is 0. The van der Waals surface area contributed by atoms with Gasteiger partial charge in [0.15, 0.2) is 10.6 Å². The first kappa shape index (κ1) is 24.9. The second-order valence-corrected chi connectivity index (χ2v) is 10.5. The lowest BCUT2D eigenvalue weighted by atomic mass is 10.1. The largest absolute Gasteiger partial charge is 0.497 e. The lowest BCUT2D eigenvalue weighted by Crippen LogP contribution is -2.44. The van der Waals surface area contributed by atoms with Crippen molar-refractivity contribution in [2.45, 2.75) is 51.9 Å². The number of likely N-dealkylation sites (tertiary alicyclic amines) is 1. The molecule has 35 heavy (non-hydrogen) atoms. The van der Waals surface area contributed by atoms with Gasteiger partial charge in [-0.15, -0.1) is 11.3 Å². The Bertz CT molecular complexity index is 1190. The van der Waals surface area contributed by atoms with Crippen LogP contribution in [0.2, 0.25) is 0 Å². The zero-order chi connectivity index (χ0) is 25.0. The first-order valence-corrected chi connectivity index (χ1v) is 12.5. The Kier molecular flexibility index (Phi) is 7.50. The Morgan fingerprint density at radius 2 is 1.80 bits per heavy atom. The van der Waals surface area contributed by atoms with E-state index in [4.69, 9.17) is 18.9 Å². The van der Waals surface area contributed by atoms with Crippen LogP contribution in [-0.2, 0) is 16.1 Å². The standard InChI is InChI=1S/C27H31NO6S/c1-27(2,3)34-26(30)28-14-12-19(13-15-28)33-23-21-10-5-6-11-22(21)35-24(23)25(29)32-17-18-8-7-9-20(16-18)31-4/h5-11,16,19H,12-15,17H2,1-4H3. The van der Waals surface area contributed by atoms with Gasteiger partial charge in [-0.25, -0.2) is 9.59 Å². The van der Waals surface area contributed by atoms with Gasteiger partial charge >= 0.3 is 12.1 Å². The average Bonchev–Trinajstić information content (AvgIpc) is 3.20. The Labute approximate surface area is 209 Å². The molecule has 0 atom stereocenters. The molecule has 0 unspecified atom stereocenters. The van der Waals surface area contributed by atoms with Gasteiger partial charge in [-0.3, -0.25) is 0 Å². The monoisotopic (exact) mass is 497 g/mol. The maximum absolute atomic E-state index is 13.1. The number of carbonyl (C=O) groups is 2. The zero-order valence-corrected chi connectivity index (χ0v) is 21.4. The Morgan fingerprint density at radius 3 is 2.51 bits per heavy atom. The van der Waals surface area contributed by atoms with Gasteiger partial charge in [0, 0.05) is 36.0 Å². The quantitative estimate of drug-likeness (QED) is 0.386. The fourth-order valence-corrected chi connectivity index (χ4v) is 4.93. The molecule has 0 N–H and O–H groups in total. The summed E-state index contributed by atoms with van der Waals surface area (Å²) in [6, 6.07) is 15.2. The molecule has 1 saturated heterocycles. The summed E-state index contributed by atoms with van der Waals surface area (Å²) < 4.78 is 23.7. The second-order valence-electron chi connectivity index (χ2n) is 9.47. The molecule has 4 rings (SSSR count). The zero-order valence-electron chi connectivity index (χ0n) is 20.5. The average molecular weight is 498 g/mol. The second kappa shape index (κ2) is 10.6. The summed E-state index contributed by atoms with van der Waals surface area (Å²) in [5, 5.41) is 0.889. The van der Waals surface area contributed by atoms with Crippen molar-refractivity contribution in [1.29, 1.82) is 0 Å². The summed E-state index contributed by atoms with van der Waals surface area (Å²) >= 11 is 1.37. The molecule has 1 aliphatic rings. The van der Waals surface area contributed by atoms with Crippen LogP contribution in [0.1, 0.15) is 48.8 Å². The van der Waals surface area contributed by atoms with Gasteiger partial charge in [-0.1, -0.05) is 24.3 Å². The highest BCUT2D eigenvalue weighted by molar-refractivity contribution is 7.21. The van der Waals surface area contributed by atoms with Crippen LogP contribution in [0.25, 0.3) is 10.1 Å². The van der Waals surface area contributed by atoms with Crippen molar-refractivity contribution in [3.8, 4) is 11.5 Å². The lowest BCUT2D eigenvalue weighted by molar-refractivity contribution is 0.0127. The molecule has 0 radical (unpaired) electrons. The molecule has 0 aliphatic carbocycles. The SMILES string of the molecule is COc1cccc(COC(=O)c2sc3ccccc3c2OC2CCN(C(=O)OC(C)(C)C)CC2)c1. The number of methoxy groups -OCH3 is 1. The number of esters is 1. The maximum Gasteiger partial charge on any atom is 0.410 e. The summed E-state index contributed by atoms with van der Waals surface area (Å²) in [6.07, 6.45) is 0.888. The van der Waals surface area contributed by atoms with E-state index in [1.807, 2.05) is 69.3 Å². The minimum Gasteiger partial charge on any atom is -0.497 e. The number of amides is 1. The topological polar surface area (TPSA) is 74.3 Å². The third kappa shape index (κ3) is 6.25. The van der Waals surface area contributed by atoms with Crippen LogP contribution >= 0.6 is 11.3 Å². The molecule has 0 bridgehead atoms. The molecule has 2 aromatic carbocycles. The maximum atomic E-state index is 13.1. The number of piperidine rings is 1. The van der Waals surface area contributed by atoms with Crippen molar-refractivity contribution < 1.29 is 28.5 Å². The number of hydrogen-bond acceptors (Lipinski definition) is 7. The number of carbonyl (C=O) groups excluding carboxylic acids is 2. The molecule has 2 heterocycles. The van der Waals surface area contributed by atoms with Gasteiger partial charge in [0.2, 0.25) is 0 Å². The van der Waals surface area contributed by atoms with Crippen LogP contribution in [0.4, 0.5) is 4.79 Å². The highest BCUT2D eigenvalue weighted by Gasteiger charge is 2.30. The fraction of sp³-hybridized carbons (Fsp3) is 0.407. The smallest absolute Gasteiger partial charge is 0.410 e. The molecule has 3 aromatic rings. The van der Waals surface area contributed by atoms with E-state index in [0.717, 1.165) is 15.6 Å². The molecule has 7 nitrogen and oxygen atoms in total. The van der Waals surface area contributed by atoms with E-state index >= 15 is 0 Å². The predicted octanol–water partition coefficient (Wildman–Crippen LogP) is 6.05. The first-order valence-electron chi connectivity index (χ1n) is 11.7. The molecule has 1 amide bonds. The molecule has 186 valence electrons. The van der Waals surface area contributed by atoms with Crippen molar-refractivity contribution in [2.24, 2.45) is 0 Å². The Balaban J connectivity index is 1.45. The minimum absolute atomic E-state index is 0.114. The summed E-state index contributed by atoms with van der Waals surface area (Å²) in [5.41, 5.74) is 0.316. The Morgan fingerprint density at radius 1 is 1.06 bits per heavy atom. The van der Waals surface area contributed by atoms with Crippen LogP contribution in [0.15, 0.2) is 48.5 Å². The van der Waals surface area contributed by atoms with E-state index in [2.05, 4.69) is 0 Å². The third-order valence-electron chi connectivity index (χ3n) is 5.62. The van der Waals surface area contributed by atoms with Crippen molar-refractivity contribution in [2.75, 3.05) is 20.2 Å². The summed E-state index contributed by atoms with van der Waals surface area (Å²) in [7, 11) is 1.60. The summed E-state index contributed by atoms with van der Waals surface area (Å²) in [6.45, 7) is 6.79. The normalized spacial score (nSPS) is 14.6. The minimum atomic E-state index is -0.528. The van der Waals surface area contributed by atoms with Crippen LogP contribution in [0.3, 0.4) is 0 Å². The number of fused-ring (bicyclic) bond motifs is 1. The van der Waals surface area contributed by atoms with Crippen LogP contribution in [0, 0.1) is 0 Å². The van der Waals surface area contributed by atoms with Crippen molar-refractivity contribution in [3.05, 3.63) is 59.0 Å². The van der Waals surface area contributed by atoms with E-state index in [0.29, 0.717) is 42.3 Å². The Hall–Kier alpha value is -3.26. The van der Waals surface area contributed by atoms with Crippen LogP contribution < -0.4 is 9.47 Å². The third-order valence-corrected chi connectivity index (χ3v) is 6.75. The summed E-state index contributed by atoms with van der Waals surface area (Å²) in [4.78, 5) is 27.6. The van der Waals surface area contributed by atoms with E-state index in [1.54, 1.807) is 12.0 Å². The fourth-order valence-electron chi connectivity index (χ4n) is 3.90. The molecule has 0 spiro atoms. The van der Waals surface area contributed by atoms with Gasteiger partial charge < -0.3 is 23.8 Å².